The third kappa shape index (κ3) is 4.77. The molecule has 0 spiro atoms. The molecule has 2 aromatic heterocycles. The van der Waals surface area contributed by atoms with Gasteiger partial charge in [0.15, 0.2) is 4.83 Å². The van der Waals surface area contributed by atoms with Gasteiger partial charge in [-0.1, -0.05) is 37.6 Å². The van der Waals surface area contributed by atoms with E-state index in [1.54, 1.807) is 0 Å². The Labute approximate surface area is 196 Å². The van der Waals surface area contributed by atoms with Crippen LogP contribution in [0.25, 0.3) is 10.2 Å². The van der Waals surface area contributed by atoms with Gasteiger partial charge in [0.1, 0.15) is 6.54 Å². The minimum Gasteiger partial charge on any atom is -0.323 e. The molecule has 2 heterocycles. The first-order valence-electron chi connectivity index (χ1n) is 10.4. The molecule has 1 atom stereocenters. The van der Waals surface area contributed by atoms with Crippen LogP contribution in [-0.2, 0) is 30.4 Å². The van der Waals surface area contributed by atoms with E-state index in [1.165, 1.54) is 11.3 Å². The molecule has 0 saturated carbocycles. The monoisotopic (exact) mass is 498 g/mol. The van der Waals surface area contributed by atoms with Gasteiger partial charge in [0.2, 0.25) is 5.91 Å². The number of aryl methyl sites for hydroxylation is 1. The minimum absolute atomic E-state index is 0.0504. The van der Waals surface area contributed by atoms with Crippen LogP contribution in [0.15, 0.2) is 23.0 Å². The summed E-state index contributed by atoms with van der Waals surface area (Å²) in [5.74, 6) is -0.236. The Hall–Kier alpha value is -2.46. The summed E-state index contributed by atoms with van der Waals surface area (Å²) in [5, 5.41) is 10.8. The number of alkyl halides is 3. The molecule has 1 aliphatic carbocycles. The summed E-state index contributed by atoms with van der Waals surface area (Å²) < 4.78 is 39.8. The highest BCUT2D eigenvalue weighted by atomic mass is 35.5. The first-order chi connectivity index (χ1) is 15.3. The fraction of sp³-hybridized carbons (Fsp3) is 0.455. The van der Waals surface area contributed by atoms with Gasteiger partial charge in [-0.2, -0.15) is 13.2 Å². The van der Waals surface area contributed by atoms with Crippen molar-refractivity contribution in [2.24, 2.45) is 11.3 Å². The zero-order chi connectivity index (χ0) is 24.1. The molecule has 176 valence electrons. The number of halogens is 4. The van der Waals surface area contributed by atoms with Gasteiger partial charge in [-0.3, -0.25) is 9.59 Å². The molecule has 0 bridgehead atoms. The van der Waals surface area contributed by atoms with Crippen LogP contribution in [0.2, 0.25) is 5.02 Å². The predicted octanol–water partition coefficient (Wildman–Crippen LogP) is 5.31. The molecule has 1 aromatic carbocycles. The average Bonchev–Trinajstić information content (AvgIpc) is 3.08. The lowest BCUT2D eigenvalue weighted by atomic mass is 9.72. The van der Waals surface area contributed by atoms with E-state index in [0.29, 0.717) is 16.1 Å². The number of amides is 1. The van der Waals surface area contributed by atoms with Crippen molar-refractivity contribution in [3.63, 3.8) is 0 Å². The van der Waals surface area contributed by atoms with Crippen LogP contribution in [0, 0.1) is 11.3 Å². The van der Waals surface area contributed by atoms with Crippen molar-refractivity contribution in [2.45, 2.75) is 52.8 Å². The van der Waals surface area contributed by atoms with E-state index in [9.17, 15) is 22.8 Å². The smallest absolute Gasteiger partial charge is 0.323 e. The van der Waals surface area contributed by atoms with Gasteiger partial charge >= 0.3 is 6.18 Å². The van der Waals surface area contributed by atoms with E-state index in [4.69, 9.17) is 11.6 Å². The standard InChI is InChI=1S/C22H22ClF3N4O2S/c1-21(2,3)11-4-6-13-16(9-11)33-19-18(13)20(32)30(29-28-19)10-17(31)27-15-8-12(22(24,25)26)5-7-14(15)23/h5,7-8,11H,4,6,9-10H2,1-3H3,(H,27,31). The fourth-order valence-corrected chi connectivity index (χ4v) is 5.49. The first kappa shape index (κ1) is 23.7. The molecule has 3 aromatic rings. The number of carbonyl (C=O) groups excluding carboxylic acids is 1. The zero-order valence-electron chi connectivity index (χ0n) is 18.2. The second-order valence-corrected chi connectivity index (χ2v) is 10.8. The maximum Gasteiger partial charge on any atom is 0.416 e. The summed E-state index contributed by atoms with van der Waals surface area (Å²) in [5.41, 5.74) is -0.455. The Morgan fingerprint density at radius 2 is 2.03 bits per heavy atom. The molecule has 1 N–H and O–H groups in total. The first-order valence-corrected chi connectivity index (χ1v) is 11.6. The molecular weight excluding hydrogens is 477 g/mol. The lowest BCUT2D eigenvalue weighted by Gasteiger charge is -2.33. The highest BCUT2D eigenvalue weighted by Gasteiger charge is 2.33. The van der Waals surface area contributed by atoms with Crippen molar-refractivity contribution in [1.82, 2.24) is 15.0 Å². The van der Waals surface area contributed by atoms with Gasteiger partial charge in [-0.05, 0) is 54.4 Å². The Morgan fingerprint density at radius 3 is 2.70 bits per heavy atom. The number of nitrogens with one attached hydrogen (secondary N) is 1. The van der Waals surface area contributed by atoms with Crippen LogP contribution in [0.1, 0.15) is 43.2 Å². The summed E-state index contributed by atoms with van der Waals surface area (Å²) in [6.45, 7) is 6.12. The minimum atomic E-state index is -4.58. The number of rotatable bonds is 3. The number of benzene rings is 1. The maximum absolute atomic E-state index is 13.1. The number of anilines is 1. The van der Waals surface area contributed by atoms with E-state index in [-0.39, 0.29) is 16.1 Å². The van der Waals surface area contributed by atoms with Crippen molar-refractivity contribution in [1.29, 1.82) is 0 Å². The number of hydrogen-bond acceptors (Lipinski definition) is 5. The summed E-state index contributed by atoms with van der Waals surface area (Å²) in [7, 11) is 0. The largest absolute Gasteiger partial charge is 0.416 e. The molecule has 4 rings (SSSR count). The van der Waals surface area contributed by atoms with Crippen LogP contribution < -0.4 is 10.9 Å². The molecule has 0 saturated heterocycles. The highest BCUT2D eigenvalue weighted by molar-refractivity contribution is 7.18. The number of thiophene rings is 1. The molecule has 1 unspecified atom stereocenters. The van der Waals surface area contributed by atoms with Gasteiger partial charge < -0.3 is 5.32 Å². The van der Waals surface area contributed by atoms with Crippen LogP contribution in [-0.4, -0.2) is 20.9 Å². The molecule has 1 aliphatic rings. The van der Waals surface area contributed by atoms with Crippen LogP contribution in [0.5, 0.6) is 0 Å². The number of hydrogen-bond donors (Lipinski definition) is 1. The van der Waals surface area contributed by atoms with Crippen molar-refractivity contribution in [3.8, 4) is 0 Å². The quantitative estimate of drug-likeness (QED) is 0.530. The average molecular weight is 499 g/mol. The van der Waals surface area contributed by atoms with Crippen LogP contribution >= 0.6 is 22.9 Å². The number of carbonyl (C=O) groups is 1. The molecule has 0 fully saturated rings. The lowest BCUT2D eigenvalue weighted by molar-refractivity contribution is -0.137. The maximum atomic E-state index is 13.1. The molecule has 6 nitrogen and oxygen atoms in total. The normalized spacial score (nSPS) is 16.6. The van der Waals surface area contributed by atoms with Crippen molar-refractivity contribution < 1.29 is 18.0 Å². The van der Waals surface area contributed by atoms with E-state index in [0.717, 1.165) is 52.6 Å². The summed E-state index contributed by atoms with van der Waals surface area (Å²) in [6, 6.07) is 2.63. The van der Waals surface area contributed by atoms with Gasteiger partial charge in [0.25, 0.3) is 5.56 Å². The number of fused-ring (bicyclic) bond motifs is 3. The van der Waals surface area contributed by atoms with E-state index >= 15 is 0 Å². The molecule has 0 radical (unpaired) electrons. The van der Waals surface area contributed by atoms with Crippen LogP contribution in [0.4, 0.5) is 18.9 Å². The van der Waals surface area contributed by atoms with E-state index < -0.39 is 29.8 Å². The third-order valence-corrected chi connectivity index (χ3v) is 7.49. The molecule has 0 aliphatic heterocycles. The van der Waals surface area contributed by atoms with Crippen molar-refractivity contribution >= 4 is 44.7 Å². The second kappa shape index (κ2) is 8.39. The number of nitrogens with zero attached hydrogens (tertiary/aromatic N) is 3. The molecule has 33 heavy (non-hydrogen) atoms. The zero-order valence-corrected chi connectivity index (χ0v) is 19.8. The lowest BCUT2D eigenvalue weighted by Crippen LogP contribution is -2.31. The molecular formula is C22H22ClF3N4O2S. The van der Waals surface area contributed by atoms with E-state index in [2.05, 4.69) is 36.4 Å². The SMILES string of the molecule is CC(C)(C)C1CCc2c(sc3nnn(CC(=O)Nc4cc(C(F)(F)F)ccc4Cl)c(=O)c23)C1. The van der Waals surface area contributed by atoms with Crippen molar-refractivity contribution in [2.75, 3.05) is 5.32 Å². The topological polar surface area (TPSA) is 76.9 Å². The Balaban J connectivity index is 1.59. The third-order valence-electron chi connectivity index (χ3n) is 6.02. The molecule has 1 amide bonds. The molecule has 11 heteroatoms. The Bertz CT molecular complexity index is 1290. The van der Waals surface area contributed by atoms with Gasteiger partial charge in [-0.15, -0.1) is 16.4 Å². The van der Waals surface area contributed by atoms with Gasteiger partial charge in [-0.25, -0.2) is 4.68 Å². The van der Waals surface area contributed by atoms with Gasteiger partial charge in [0.05, 0.1) is 21.7 Å². The predicted molar refractivity (Wildman–Crippen MR) is 122 cm³/mol. The van der Waals surface area contributed by atoms with E-state index in [1.807, 2.05) is 0 Å². The summed E-state index contributed by atoms with van der Waals surface area (Å²) in [6.07, 6.45) is -2.00. The van der Waals surface area contributed by atoms with Gasteiger partial charge in [0, 0.05) is 4.88 Å². The summed E-state index contributed by atoms with van der Waals surface area (Å²) in [4.78, 5) is 27.2. The van der Waals surface area contributed by atoms with Crippen LogP contribution in [0.3, 0.4) is 0 Å². The highest BCUT2D eigenvalue weighted by Crippen LogP contribution is 2.42. The second-order valence-electron chi connectivity index (χ2n) is 9.28. The Morgan fingerprint density at radius 1 is 1.30 bits per heavy atom. The summed E-state index contributed by atoms with van der Waals surface area (Å²) >= 11 is 7.39. The van der Waals surface area contributed by atoms with Crippen molar-refractivity contribution in [3.05, 3.63) is 49.6 Å². The Kier molecular flexibility index (Phi) is 6.03. The number of aromatic nitrogens is 3. The fourth-order valence-electron chi connectivity index (χ4n) is 4.09.